The van der Waals surface area contributed by atoms with Crippen LogP contribution in [0.5, 0.6) is 0 Å². The van der Waals surface area contributed by atoms with Gasteiger partial charge < -0.3 is 0 Å². The van der Waals surface area contributed by atoms with E-state index in [1.165, 1.54) is 42.1 Å². The standard InChI is InChI=1S/C19H23N.C2H6/c1-3-15-6-12(2)20-19-5-4-16(11-18(15)19)17-9-13-7-14(8-13)10-17;1-2/h4-6,11,13-14,17H,3,7-10H2,1-2H3;1-2H3. The minimum absolute atomic E-state index is 0.808. The van der Waals surface area contributed by atoms with Crippen LogP contribution in [0.15, 0.2) is 24.3 Å². The Bertz CT molecular complexity index is 642. The first-order valence-corrected chi connectivity index (χ1v) is 9.13. The molecule has 0 N–H and O–H groups in total. The lowest BCUT2D eigenvalue weighted by Crippen LogP contribution is -2.32. The molecule has 3 aliphatic rings. The van der Waals surface area contributed by atoms with Crippen LogP contribution in [0.4, 0.5) is 0 Å². The van der Waals surface area contributed by atoms with Crippen molar-refractivity contribution in [3.05, 3.63) is 41.1 Å². The number of hydrogen-bond donors (Lipinski definition) is 0. The molecule has 3 saturated carbocycles. The van der Waals surface area contributed by atoms with Crippen molar-refractivity contribution >= 4 is 10.9 Å². The van der Waals surface area contributed by atoms with Gasteiger partial charge in [0.1, 0.15) is 0 Å². The smallest absolute Gasteiger partial charge is 0.0708 e. The lowest BCUT2D eigenvalue weighted by molar-refractivity contribution is 0.0966. The predicted molar refractivity (Wildman–Crippen MR) is 95.4 cm³/mol. The Morgan fingerprint density at radius 1 is 1.00 bits per heavy atom. The first kappa shape index (κ1) is 15.5. The minimum atomic E-state index is 0.808. The van der Waals surface area contributed by atoms with E-state index in [2.05, 4.69) is 38.1 Å². The molecule has 0 spiro atoms. The van der Waals surface area contributed by atoms with Gasteiger partial charge in [-0.05, 0) is 86.1 Å². The summed E-state index contributed by atoms with van der Waals surface area (Å²) in [5.74, 6) is 2.86. The fourth-order valence-electron chi connectivity index (χ4n) is 4.44. The number of pyridine rings is 1. The Morgan fingerprint density at radius 2 is 1.68 bits per heavy atom. The number of benzene rings is 1. The van der Waals surface area contributed by atoms with Gasteiger partial charge in [-0.2, -0.15) is 0 Å². The van der Waals surface area contributed by atoms with Crippen LogP contribution in [0, 0.1) is 18.8 Å². The fourth-order valence-corrected chi connectivity index (χ4v) is 4.44. The van der Waals surface area contributed by atoms with Gasteiger partial charge in [0.15, 0.2) is 0 Å². The second-order valence-electron chi connectivity index (χ2n) is 6.92. The maximum atomic E-state index is 4.69. The largest absolute Gasteiger partial charge is 0.253 e. The highest BCUT2D eigenvalue weighted by atomic mass is 14.7. The average Bonchev–Trinajstić information content (AvgIpc) is 2.55. The van der Waals surface area contributed by atoms with Crippen molar-refractivity contribution in [2.45, 2.75) is 65.7 Å². The van der Waals surface area contributed by atoms with Gasteiger partial charge in [-0.15, -0.1) is 0 Å². The molecule has 2 bridgehead atoms. The summed E-state index contributed by atoms with van der Waals surface area (Å²) in [7, 11) is 0. The molecule has 0 atom stereocenters. The van der Waals surface area contributed by atoms with E-state index >= 15 is 0 Å². The van der Waals surface area contributed by atoms with Gasteiger partial charge in [-0.1, -0.05) is 26.8 Å². The van der Waals surface area contributed by atoms with Crippen LogP contribution < -0.4 is 0 Å². The molecular weight excluding hydrogens is 266 g/mol. The molecule has 1 nitrogen and oxygen atoms in total. The van der Waals surface area contributed by atoms with E-state index in [4.69, 9.17) is 4.98 Å². The van der Waals surface area contributed by atoms with E-state index in [1.54, 1.807) is 5.56 Å². The van der Waals surface area contributed by atoms with Crippen molar-refractivity contribution in [3.8, 4) is 0 Å². The monoisotopic (exact) mass is 295 g/mol. The summed E-state index contributed by atoms with van der Waals surface area (Å²) < 4.78 is 0. The molecule has 118 valence electrons. The van der Waals surface area contributed by atoms with Gasteiger partial charge in [0.2, 0.25) is 0 Å². The van der Waals surface area contributed by atoms with Gasteiger partial charge in [0, 0.05) is 11.1 Å². The third kappa shape index (κ3) is 2.78. The summed E-state index contributed by atoms with van der Waals surface area (Å²) in [5.41, 5.74) is 5.33. The minimum Gasteiger partial charge on any atom is -0.253 e. The van der Waals surface area contributed by atoms with Crippen LogP contribution in [0.3, 0.4) is 0 Å². The first-order valence-electron chi connectivity index (χ1n) is 9.13. The van der Waals surface area contributed by atoms with Gasteiger partial charge in [0.05, 0.1) is 5.52 Å². The van der Waals surface area contributed by atoms with E-state index in [0.29, 0.717) is 0 Å². The van der Waals surface area contributed by atoms with Gasteiger partial charge in [0.25, 0.3) is 0 Å². The molecule has 1 heteroatoms. The molecule has 0 aliphatic heterocycles. The summed E-state index contributed by atoms with van der Waals surface area (Å²) in [4.78, 5) is 4.69. The second-order valence-corrected chi connectivity index (χ2v) is 6.92. The molecule has 0 unspecified atom stereocenters. The average molecular weight is 295 g/mol. The zero-order valence-corrected chi connectivity index (χ0v) is 14.5. The van der Waals surface area contributed by atoms with Crippen LogP contribution in [0.1, 0.15) is 69.2 Å². The van der Waals surface area contributed by atoms with Crippen LogP contribution in [-0.2, 0) is 6.42 Å². The van der Waals surface area contributed by atoms with Crippen molar-refractivity contribution in [2.24, 2.45) is 11.8 Å². The molecule has 3 fully saturated rings. The first-order chi connectivity index (χ1) is 10.7. The number of rotatable bonds is 2. The van der Waals surface area contributed by atoms with Crippen molar-refractivity contribution in [3.63, 3.8) is 0 Å². The summed E-state index contributed by atoms with van der Waals surface area (Å²) in [6.07, 6.45) is 6.95. The van der Waals surface area contributed by atoms with Gasteiger partial charge >= 0.3 is 0 Å². The molecule has 2 aromatic rings. The van der Waals surface area contributed by atoms with E-state index < -0.39 is 0 Å². The SMILES string of the molecule is CC.CCc1cc(C)nc2ccc(C3CC4CC(C4)C3)cc12. The Hall–Kier alpha value is -1.37. The Balaban J connectivity index is 0.000000693. The van der Waals surface area contributed by atoms with Crippen LogP contribution >= 0.6 is 0 Å². The highest BCUT2D eigenvalue weighted by Gasteiger charge is 2.38. The molecule has 0 radical (unpaired) electrons. The Morgan fingerprint density at radius 3 is 2.32 bits per heavy atom. The van der Waals surface area contributed by atoms with E-state index in [1.807, 2.05) is 13.8 Å². The van der Waals surface area contributed by atoms with Gasteiger partial charge in [-0.3, -0.25) is 4.98 Å². The number of hydrogen-bond acceptors (Lipinski definition) is 1. The number of aryl methyl sites for hydroxylation is 2. The molecule has 5 rings (SSSR count). The molecule has 1 aromatic carbocycles. The highest BCUT2D eigenvalue weighted by molar-refractivity contribution is 5.83. The molecule has 0 saturated heterocycles. The molecule has 3 aliphatic carbocycles. The molecule has 0 amide bonds. The predicted octanol–water partition coefficient (Wildman–Crippen LogP) is 6.04. The number of aromatic nitrogens is 1. The molecular formula is C21H29N. The van der Waals surface area contributed by atoms with E-state index in [0.717, 1.165) is 29.9 Å². The Kier molecular flexibility index (Phi) is 4.52. The lowest BCUT2D eigenvalue weighted by atomic mass is 9.60. The van der Waals surface area contributed by atoms with Crippen LogP contribution in [0.2, 0.25) is 0 Å². The van der Waals surface area contributed by atoms with Crippen LogP contribution in [0.25, 0.3) is 10.9 Å². The third-order valence-corrected chi connectivity index (χ3v) is 5.47. The quantitative estimate of drug-likeness (QED) is 0.658. The van der Waals surface area contributed by atoms with Crippen molar-refractivity contribution in [1.29, 1.82) is 0 Å². The number of fused-ring (bicyclic) bond motifs is 3. The van der Waals surface area contributed by atoms with Crippen molar-refractivity contribution in [2.75, 3.05) is 0 Å². The van der Waals surface area contributed by atoms with Crippen molar-refractivity contribution < 1.29 is 0 Å². The Labute approximate surface area is 135 Å². The van der Waals surface area contributed by atoms with E-state index in [-0.39, 0.29) is 0 Å². The molecule has 1 heterocycles. The molecule has 1 aromatic heterocycles. The third-order valence-electron chi connectivity index (χ3n) is 5.47. The summed E-state index contributed by atoms with van der Waals surface area (Å²) in [6.45, 7) is 8.35. The highest BCUT2D eigenvalue weighted by Crippen LogP contribution is 2.51. The zero-order valence-electron chi connectivity index (χ0n) is 14.5. The number of nitrogens with zero attached hydrogens (tertiary/aromatic N) is 1. The van der Waals surface area contributed by atoms with Crippen LogP contribution in [-0.4, -0.2) is 4.98 Å². The topological polar surface area (TPSA) is 12.9 Å². The normalized spacial score (nSPS) is 26.1. The van der Waals surface area contributed by atoms with E-state index in [9.17, 15) is 0 Å². The summed E-state index contributed by atoms with van der Waals surface area (Å²) in [6, 6.07) is 9.28. The zero-order chi connectivity index (χ0) is 15.7. The summed E-state index contributed by atoms with van der Waals surface area (Å²) >= 11 is 0. The van der Waals surface area contributed by atoms with Gasteiger partial charge in [-0.25, -0.2) is 0 Å². The second kappa shape index (κ2) is 6.40. The molecule has 22 heavy (non-hydrogen) atoms. The lowest BCUT2D eigenvalue weighted by Gasteiger charge is -2.45. The summed E-state index contributed by atoms with van der Waals surface area (Å²) in [5, 5.41) is 1.38. The van der Waals surface area contributed by atoms with Crippen molar-refractivity contribution in [1.82, 2.24) is 4.98 Å². The maximum absolute atomic E-state index is 4.69. The fraction of sp³-hybridized carbons (Fsp3) is 0.571. The maximum Gasteiger partial charge on any atom is 0.0708 e.